The first kappa shape index (κ1) is 67.9. The molecule has 1 aliphatic heterocycles. The van der Waals surface area contributed by atoms with Gasteiger partial charge in [0.2, 0.25) is 0 Å². The van der Waals surface area contributed by atoms with Crippen LogP contribution >= 0.6 is 0 Å². The number of rotatable bonds is 24. The van der Waals surface area contributed by atoms with E-state index < -0.39 is 45.5 Å². The minimum atomic E-state index is -2.31. The number of aromatic nitrogens is 2. The first-order valence-electron chi connectivity index (χ1n) is 28.1. The maximum absolute atomic E-state index is 13.7. The summed E-state index contributed by atoms with van der Waals surface area (Å²) in [5, 5.41) is -0.0543. The van der Waals surface area contributed by atoms with Crippen LogP contribution in [0, 0.1) is 41.4 Å². The molecule has 0 aliphatic carbocycles. The first-order chi connectivity index (χ1) is 33.3. The average molecular weight is 1100 g/mol. The second-order valence-corrected chi connectivity index (χ2v) is 47.8. The Labute approximate surface area is 458 Å². The number of allylic oxidation sites excluding steroid dienone is 3. The van der Waals surface area contributed by atoms with Crippen molar-refractivity contribution < 1.29 is 36.8 Å². The van der Waals surface area contributed by atoms with E-state index in [1.165, 1.54) is 16.5 Å². The Morgan fingerprint density at radius 3 is 1.68 bits per heavy atom. The fourth-order valence-corrected chi connectivity index (χ4v) is 14.7. The predicted molar refractivity (Wildman–Crippen MR) is 322 cm³/mol. The minimum Gasteiger partial charge on any atom is -0.462 e. The Hall–Kier alpha value is -2.18. The van der Waals surface area contributed by atoms with Crippen LogP contribution in [0.4, 0.5) is 4.79 Å². The third-order valence-corrected chi connectivity index (χ3v) is 36.1. The average Bonchev–Trinajstić information content (AvgIpc) is 3.79. The molecule has 1 aromatic rings. The van der Waals surface area contributed by atoms with E-state index in [1.54, 1.807) is 18.5 Å². The van der Waals surface area contributed by atoms with Gasteiger partial charge in [-0.2, -0.15) is 0 Å². The van der Waals surface area contributed by atoms with E-state index in [2.05, 4.69) is 220 Å². The van der Waals surface area contributed by atoms with Gasteiger partial charge in [0.05, 0.1) is 30.3 Å². The molecule has 2 heterocycles. The van der Waals surface area contributed by atoms with Crippen LogP contribution in [0.15, 0.2) is 67.3 Å². The summed E-state index contributed by atoms with van der Waals surface area (Å²) >= 11 is 0. The standard InChI is InChI=1S/C60H112N2O8Si4/c1-30-31-32-42(3)52(66-56(64)62-36-35-61-40-62)47(8)53(69-73(26,27)59(16,17)18)45(6)38-41(2)37-44(5)51(68-72(24,25)58(13,14)15)43(4)33-34-49(67-71(22,23)57(10,11)12)39-50-46(7)54(48(9)55(63)65-50)70-74(28,29)60(19,20)21/h30-37,40,42-54H,1,38-39H2,2-29H3/b32-31-,34-33-,41-37-/t42-,43-,44-,45-,46-,47+,48+,49+,50-,51-,52-,53+,54-/m0/s1. The van der Waals surface area contributed by atoms with E-state index in [9.17, 15) is 9.59 Å². The Morgan fingerprint density at radius 2 is 1.20 bits per heavy atom. The summed E-state index contributed by atoms with van der Waals surface area (Å²) in [6.45, 7) is 67.2. The highest BCUT2D eigenvalue weighted by molar-refractivity contribution is 6.75. The molecule has 1 fully saturated rings. The molecule has 426 valence electrons. The lowest BCUT2D eigenvalue weighted by Crippen LogP contribution is -2.55. The van der Waals surface area contributed by atoms with E-state index in [-0.39, 0.29) is 98.1 Å². The Morgan fingerprint density at radius 1 is 0.716 bits per heavy atom. The van der Waals surface area contributed by atoms with Gasteiger partial charge < -0.3 is 27.2 Å². The summed E-state index contributed by atoms with van der Waals surface area (Å²) in [5.41, 5.74) is 1.27. The Bertz CT molecular complexity index is 2030. The molecule has 0 N–H and O–H groups in total. The SMILES string of the molecule is C=C/C=C\[C@H](C)[C@H](OC(=O)n1ccnc1)[C@@H](C)[C@H](O[Si](C)(C)C(C)(C)C)[C@@H](C)C/C(C)=C\[C@H](C)[C@@H](O[Si](C)(C)C(C)(C)C)[C@@H](C)/C=C\[C@H](C[C@@H]1OC(=O)[C@H](C)[C@@H](O[Si](C)(C)C(C)(C)C)[C@H]1C)O[Si](C)(C)C(C)(C)C. The summed E-state index contributed by atoms with van der Waals surface area (Å²) in [6.07, 6.45) is 16.6. The minimum absolute atomic E-state index is 0.00286. The van der Waals surface area contributed by atoms with Gasteiger partial charge in [-0.1, -0.05) is 173 Å². The van der Waals surface area contributed by atoms with Gasteiger partial charge in [0, 0.05) is 36.6 Å². The molecule has 74 heavy (non-hydrogen) atoms. The van der Waals surface area contributed by atoms with E-state index in [4.69, 9.17) is 27.2 Å². The third kappa shape index (κ3) is 18.5. The van der Waals surface area contributed by atoms with Crippen LogP contribution in [0.5, 0.6) is 0 Å². The quantitative estimate of drug-likeness (QED) is 0.0433. The number of ether oxygens (including phenoxy) is 2. The highest BCUT2D eigenvalue weighted by Crippen LogP contribution is 2.45. The maximum atomic E-state index is 13.7. The molecule has 0 spiro atoms. The number of nitrogens with zero attached hydrogens (tertiary/aromatic N) is 2. The van der Waals surface area contributed by atoms with Gasteiger partial charge in [0.15, 0.2) is 33.3 Å². The molecule has 0 aromatic carbocycles. The number of carbonyl (C=O) groups excluding carboxylic acids is 2. The summed E-state index contributed by atoms with van der Waals surface area (Å²) < 4.78 is 43.4. The molecule has 0 saturated carbocycles. The van der Waals surface area contributed by atoms with E-state index >= 15 is 0 Å². The molecule has 2 rings (SSSR count). The fraction of sp³-hybridized carbons (Fsp3) is 0.783. The van der Waals surface area contributed by atoms with Crippen molar-refractivity contribution in [2.75, 3.05) is 0 Å². The highest BCUT2D eigenvalue weighted by atomic mass is 28.4. The van der Waals surface area contributed by atoms with Gasteiger partial charge in [-0.3, -0.25) is 4.79 Å². The lowest BCUT2D eigenvalue weighted by molar-refractivity contribution is -0.177. The molecule has 0 bridgehead atoms. The first-order valence-corrected chi connectivity index (χ1v) is 39.7. The number of hydrogen-bond acceptors (Lipinski definition) is 9. The molecule has 13 atom stereocenters. The molecular formula is C60H112N2O8Si4. The van der Waals surface area contributed by atoms with Crippen molar-refractivity contribution in [3.8, 4) is 0 Å². The summed E-state index contributed by atoms with van der Waals surface area (Å²) in [4.78, 5) is 31.4. The number of cyclic esters (lactones) is 1. The number of carbonyl (C=O) groups is 2. The number of esters is 1. The van der Waals surface area contributed by atoms with Crippen LogP contribution in [-0.4, -0.2) is 91.5 Å². The lowest BCUT2D eigenvalue weighted by Gasteiger charge is -2.47. The predicted octanol–water partition coefficient (Wildman–Crippen LogP) is 17.2. The van der Waals surface area contributed by atoms with Gasteiger partial charge in [-0.05, 0) is 111 Å². The molecule has 14 heteroatoms. The largest absolute Gasteiger partial charge is 0.462 e. The lowest BCUT2D eigenvalue weighted by atomic mass is 9.81. The highest BCUT2D eigenvalue weighted by Gasteiger charge is 2.50. The fourth-order valence-electron chi connectivity index (χ4n) is 9.01. The van der Waals surface area contributed by atoms with Crippen LogP contribution < -0.4 is 0 Å². The van der Waals surface area contributed by atoms with Crippen molar-refractivity contribution in [3.05, 3.63) is 67.3 Å². The van der Waals surface area contributed by atoms with Crippen molar-refractivity contribution in [1.29, 1.82) is 0 Å². The summed E-state index contributed by atoms with van der Waals surface area (Å²) in [7, 11) is -9.06. The van der Waals surface area contributed by atoms with Crippen LogP contribution in [-0.2, 0) is 32.0 Å². The number of hydrogen-bond donors (Lipinski definition) is 0. The molecule has 1 saturated heterocycles. The smallest absolute Gasteiger partial charge is 0.419 e. The Balaban J connectivity index is 2.69. The van der Waals surface area contributed by atoms with E-state index in [0.717, 1.165) is 6.42 Å². The van der Waals surface area contributed by atoms with Crippen LogP contribution in [0.1, 0.15) is 151 Å². The molecule has 1 aliphatic rings. The van der Waals surface area contributed by atoms with Gasteiger partial charge in [-0.25, -0.2) is 14.3 Å². The Kier molecular flexibility index (Phi) is 24.0. The molecule has 10 nitrogen and oxygen atoms in total. The summed E-state index contributed by atoms with van der Waals surface area (Å²) in [6, 6.07) is 0. The van der Waals surface area contributed by atoms with Crippen molar-refractivity contribution in [2.45, 2.75) is 260 Å². The van der Waals surface area contributed by atoms with Crippen LogP contribution in [0.25, 0.3) is 0 Å². The zero-order valence-electron chi connectivity index (χ0n) is 52.5. The van der Waals surface area contributed by atoms with Gasteiger partial charge in [-0.15, -0.1) is 0 Å². The van der Waals surface area contributed by atoms with E-state index in [0.29, 0.717) is 6.42 Å². The van der Waals surface area contributed by atoms with Gasteiger partial charge in [0.1, 0.15) is 18.5 Å². The molecule has 0 unspecified atom stereocenters. The van der Waals surface area contributed by atoms with Gasteiger partial charge in [0.25, 0.3) is 0 Å². The number of imidazole rings is 1. The van der Waals surface area contributed by atoms with Crippen LogP contribution in [0.3, 0.4) is 0 Å². The molecule has 0 radical (unpaired) electrons. The molecule has 1 aromatic heterocycles. The topological polar surface area (TPSA) is 107 Å². The second-order valence-electron chi connectivity index (χ2n) is 28.8. The summed E-state index contributed by atoms with van der Waals surface area (Å²) in [5.74, 6) is -0.623. The zero-order valence-corrected chi connectivity index (χ0v) is 56.5. The normalized spacial score (nSPS) is 23.2. The van der Waals surface area contributed by atoms with Gasteiger partial charge >= 0.3 is 12.1 Å². The van der Waals surface area contributed by atoms with Crippen molar-refractivity contribution in [3.63, 3.8) is 0 Å². The van der Waals surface area contributed by atoms with Crippen LogP contribution in [0.2, 0.25) is 72.5 Å². The third-order valence-electron chi connectivity index (χ3n) is 18.1. The maximum Gasteiger partial charge on any atom is 0.419 e. The molecule has 0 amide bonds. The van der Waals surface area contributed by atoms with E-state index in [1.807, 2.05) is 13.0 Å². The van der Waals surface area contributed by atoms with Crippen molar-refractivity contribution >= 4 is 45.3 Å². The monoisotopic (exact) mass is 1100 g/mol. The molecular weight excluding hydrogens is 989 g/mol. The second kappa shape index (κ2) is 26.2. The van der Waals surface area contributed by atoms with Crippen molar-refractivity contribution in [1.82, 2.24) is 9.55 Å². The zero-order chi connectivity index (χ0) is 57.5. The van der Waals surface area contributed by atoms with Crippen molar-refractivity contribution in [2.24, 2.45) is 41.4 Å².